The van der Waals surface area contributed by atoms with Crippen LogP contribution in [-0.2, 0) is 6.54 Å². The second kappa shape index (κ2) is 8.61. The van der Waals surface area contributed by atoms with Crippen LogP contribution >= 0.6 is 0 Å². The van der Waals surface area contributed by atoms with Gasteiger partial charge in [0, 0.05) is 6.54 Å². The summed E-state index contributed by atoms with van der Waals surface area (Å²) >= 11 is 0. The molecular formula is C24H20FN3O2. The molecule has 0 aliphatic heterocycles. The molecule has 0 spiro atoms. The van der Waals surface area contributed by atoms with E-state index in [9.17, 15) is 9.18 Å². The summed E-state index contributed by atoms with van der Waals surface area (Å²) in [6.45, 7) is 2.21. The quantitative estimate of drug-likeness (QED) is 0.492. The highest BCUT2D eigenvalue weighted by Crippen LogP contribution is 2.22. The Morgan fingerprint density at radius 2 is 1.77 bits per heavy atom. The summed E-state index contributed by atoms with van der Waals surface area (Å²) in [7, 11) is 0. The Morgan fingerprint density at radius 1 is 1.00 bits per heavy atom. The van der Waals surface area contributed by atoms with Gasteiger partial charge in [0.25, 0.3) is 5.91 Å². The molecule has 0 bridgehead atoms. The first-order valence-corrected chi connectivity index (χ1v) is 9.51. The molecule has 0 saturated carbocycles. The third-order valence-electron chi connectivity index (χ3n) is 4.66. The van der Waals surface area contributed by atoms with E-state index in [1.807, 2.05) is 61.5 Å². The number of carbonyl (C=O) groups is 1. The van der Waals surface area contributed by atoms with E-state index in [0.717, 1.165) is 16.9 Å². The summed E-state index contributed by atoms with van der Waals surface area (Å²) in [6, 6.07) is 22.9. The number of amides is 1. The van der Waals surface area contributed by atoms with E-state index >= 15 is 0 Å². The molecule has 0 unspecified atom stereocenters. The molecule has 0 aliphatic carbocycles. The predicted octanol–water partition coefficient (Wildman–Crippen LogP) is 5.04. The third kappa shape index (κ3) is 4.38. The number of hydrogen-bond donors (Lipinski definition) is 1. The number of hydrogen-bond acceptors (Lipinski definition) is 3. The summed E-state index contributed by atoms with van der Waals surface area (Å²) in [5.41, 5.74) is 3.08. The Balaban J connectivity index is 1.42. The zero-order valence-electron chi connectivity index (χ0n) is 16.4. The highest BCUT2D eigenvalue weighted by Gasteiger charge is 2.15. The molecule has 0 aliphatic rings. The van der Waals surface area contributed by atoms with Crippen LogP contribution in [0.25, 0.3) is 5.69 Å². The van der Waals surface area contributed by atoms with Crippen molar-refractivity contribution >= 4 is 5.91 Å². The molecule has 30 heavy (non-hydrogen) atoms. The monoisotopic (exact) mass is 401 g/mol. The number of carbonyl (C=O) groups excluding carboxylic acids is 1. The zero-order chi connectivity index (χ0) is 20.9. The second-order valence-electron chi connectivity index (χ2n) is 6.78. The van der Waals surface area contributed by atoms with Crippen LogP contribution in [0.5, 0.6) is 11.5 Å². The topological polar surface area (TPSA) is 56.1 Å². The van der Waals surface area contributed by atoms with Gasteiger partial charge < -0.3 is 10.1 Å². The minimum Gasteiger partial charge on any atom is -0.457 e. The first-order valence-electron chi connectivity index (χ1n) is 9.51. The molecule has 1 aromatic heterocycles. The van der Waals surface area contributed by atoms with Gasteiger partial charge in [0.15, 0.2) is 0 Å². The number of halogens is 1. The van der Waals surface area contributed by atoms with Crippen LogP contribution < -0.4 is 10.1 Å². The minimum absolute atomic E-state index is 0.195. The van der Waals surface area contributed by atoms with Gasteiger partial charge in [-0.25, -0.2) is 9.07 Å². The summed E-state index contributed by atoms with van der Waals surface area (Å²) in [6.07, 6.45) is 1.58. The highest BCUT2D eigenvalue weighted by atomic mass is 19.1. The van der Waals surface area contributed by atoms with Crippen molar-refractivity contribution in [1.82, 2.24) is 15.1 Å². The van der Waals surface area contributed by atoms with E-state index in [4.69, 9.17) is 4.74 Å². The van der Waals surface area contributed by atoms with Crippen molar-refractivity contribution in [2.24, 2.45) is 0 Å². The molecule has 0 fully saturated rings. The molecule has 1 N–H and O–H groups in total. The van der Waals surface area contributed by atoms with E-state index < -0.39 is 0 Å². The van der Waals surface area contributed by atoms with Gasteiger partial charge in [0.1, 0.15) is 17.3 Å². The van der Waals surface area contributed by atoms with Crippen LogP contribution in [0.2, 0.25) is 0 Å². The fraction of sp³-hybridized carbons (Fsp3) is 0.0833. The maximum Gasteiger partial charge on any atom is 0.255 e. The van der Waals surface area contributed by atoms with E-state index in [2.05, 4.69) is 10.4 Å². The maximum absolute atomic E-state index is 13.0. The predicted molar refractivity (Wildman–Crippen MR) is 112 cm³/mol. The van der Waals surface area contributed by atoms with Crippen LogP contribution in [0.4, 0.5) is 4.39 Å². The number of para-hydroxylation sites is 1. The van der Waals surface area contributed by atoms with E-state index in [1.54, 1.807) is 23.0 Å². The molecule has 4 aromatic rings. The van der Waals surface area contributed by atoms with Gasteiger partial charge >= 0.3 is 0 Å². The van der Waals surface area contributed by atoms with Gasteiger partial charge in [-0.3, -0.25) is 4.79 Å². The maximum atomic E-state index is 13.0. The molecule has 6 heteroatoms. The van der Waals surface area contributed by atoms with Crippen molar-refractivity contribution in [1.29, 1.82) is 0 Å². The lowest BCUT2D eigenvalue weighted by Gasteiger charge is -2.09. The number of benzene rings is 3. The lowest BCUT2D eigenvalue weighted by Crippen LogP contribution is -2.23. The number of ether oxygens (including phenoxy) is 1. The standard InChI is InChI=1S/C24H20FN3O2/c1-17-23(16-27-28(17)20-7-3-2-4-8-20)24(29)26-15-18-6-5-9-22(14-18)30-21-12-10-19(25)11-13-21/h2-14,16H,15H2,1H3,(H,26,29). The molecule has 4 rings (SSSR count). The van der Waals surface area contributed by atoms with Crippen molar-refractivity contribution < 1.29 is 13.9 Å². The van der Waals surface area contributed by atoms with Crippen molar-refractivity contribution in [2.45, 2.75) is 13.5 Å². The fourth-order valence-electron chi connectivity index (χ4n) is 3.10. The molecular weight excluding hydrogens is 381 g/mol. The Hall–Kier alpha value is -3.93. The average molecular weight is 401 g/mol. The SMILES string of the molecule is Cc1c(C(=O)NCc2cccc(Oc3ccc(F)cc3)c2)cnn1-c1ccccc1. The summed E-state index contributed by atoms with van der Waals surface area (Å²) < 4.78 is 20.5. The average Bonchev–Trinajstić information content (AvgIpc) is 3.16. The number of aromatic nitrogens is 2. The van der Waals surface area contributed by atoms with E-state index in [-0.39, 0.29) is 11.7 Å². The van der Waals surface area contributed by atoms with E-state index in [0.29, 0.717) is 23.6 Å². The molecule has 1 heterocycles. The molecule has 0 radical (unpaired) electrons. The lowest BCUT2D eigenvalue weighted by atomic mass is 10.2. The van der Waals surface area contributed by atoms with Gasteiger partial charge in [-0.05, 0) is 61.0 Å². The Labute approximate surface area is 173 Å². The minimum atomic E-state index is -0.315. The van der Waals surface area contributed by atoms with Gasteiger partial charge in [-0.15, -0.1) is 0 Å². The third-order valence-corrected chi connectivity index (χ3v) is 4.66. The molecule has 0 atom stereocenters. The first-order chi connectivity index (χ1) is 14.6. The molecule has 0 saturated heterocycles. The van der Waals surface area contributed by atoms with Crippen LogP contribution in [0.15, 0.2) is 85.1 Å². The van der Waals surface area contributed by atoms with Crippen LogP contribution in [0, 0.1) is 12.7 Å². The van der Waals surface area contributed by atoms with Gasteiger partial charge in [0.2, 0.25) is 0 Å². The zero-order valence-corrected chi connectivity index (χ0v) is 16.4. The highest BCUT2D eigenvalue weighted by molar-refractivity contribution is 5.95. The van der Waals surface area contributed by atoms with Crippen LogP contribution in [0.1, 0.15) is 21.6 Å². The first kappa shape index (κ1) is 19.4. The fourth-order valence-corrected chi connectivity index (χ4v) is 3.10. The Kier molecular flexibility index (Phi) is 5.57. The van der Waals surface area contributed by atoms with Crippen molar-refractivity contribution in [3.05, 3.63) is 108 Å². The van der Waals surface area contributed by atoms with Gasteiger partial charge in [0.05, 0.1) is 23.1 Å². The van der Waals surface area contributed by atoms with Crippen molar-refractivity contribution in [2.75, 3.05) is 0 Å². The van der Waals surface area contributed by atoms with Gasteiger partial charge in [-0.2, -0.15) is 5.10 Å². The summed E-state index contributed by atoms with van der Waals surface area (Å²) in [4.78, 5) is 12.7. The molecule has 3 aromatic carbocycles. The Morgan fingerprint density at radius 3 is 2.53 bits per heavy atom. The molecule has 150 valence electrons. The summed E-state index contributed by atoms with van der Waals surface area (Å²) in [5.74, 6) is 0.646. The number of rotatable bonds is 6. The lowest BCUT2D eigenvalue weighted by molar-refractivity contribution is 0.0950. The van der Waals surface area contributed by atoms with Crippen molar-refractivity contribution in [3.63, 3.8) is 0 Å². The molecule has 1 amide bonds. The second-order valence-corrected chi connectivity index (χ2v) is 6.78. The normalized spacial score (nSPS) is 10.6. The van der Waals surface area contributed by atoms with E-state index in [1.165, 1.54) is 12.1 Å². The van der Waals surface area contributed by atoms with Crippen LogP contribution in [-0.4, -0.2) is 15.7 Å². The summed E-state index contributed by atoms with van der Waals surface area (Å²) in [5, 5.41) is 7.26. The number of nitrogens with zero attached hydrogens (tertiary/aromatic N) is 2. The van der Waals surface area contributed by atoms with Crippen molar-refractivity contribution in [3.8, 4) is 17.2 Å². The molecule has 5 nitrogen and oxygen atoms in total. The van der Waals surface area contributed by atoms with Gasteiger partial charge in [-0.1, -0.05) is 30.3 Å². The van der Waals surface area contributed by atoms with Crippen LogP contribution in [0.3, 0.4) is 0 Å². The smallest absolute Gasteiger partial charge is 0.255 e. The Bertz CT molecular complexity index is 1150. The number of nitrogens with one attached hydrogen (secondary N) is 1. The largest absolute Gasteiger partial charge is 0.457 e.